The molecule has 2 saturated heterocycles. The number of hydrogen-bond acceptors (Lipinski definition) is 4. The second kappa shape index (κ2) is 5.83. The number of rotatable bonds is 1. The highest BCUT2D eigenvalue weighted by Gasteiger charge is 2.43. The van der Waals surface area contributed by atoms with Gasteiger partial charge in [0.2, 0.25) is 5.91 Å². The number of nitrogens with zero attached hydrogens (tertiary/aromatic N) is 2. The Hall–Kier alpha value is -1.30. The number of piperidine rings is 1. The van der Waals surface area contributed by atoms with Crippen molar-refractivity contribution in [2.45, 2.75) is 57.6 Å². The van der Waals surface area contributed by atoms with E-state index in [0.717, 1.165) is 32.4 Å². The van der Waals surface area contributed by atoms with E-state index in [1.807, 2.05) is 25.7 Å². The van der Waals surface area contributed by atoms with Gasteiger partial charge in [-0.3, -0.25) is 4.79 Å². The third-order valence-corrected chi connectivity index (χ3v) is 3.99. The van der Waals surface area contributed by atoms with Gasteiger partial charge in [0, 0.05) is 19.6 Å². The van der Waals surface area contributed by atoms with Crippen molar-refractivity contribution in [1.82, 2.24) is 9.80 Å². The maximum absolute atomic E-state index is 12.6. The zero-order valence-electron chi connectivity index (χ0n) is 13.4. The third-order valence-electron chi connectivity index (χ3n) is 3.99. The van der Waals surface area contributed by atoms with Crippen LogP contribution in [0.2, 0.25) is 0 Å². The van der Waals surface area contributed by atoms with Crippen LogP contribution >= 0.6 is 0 Å². The fraction of sp³-hybridized carbons (Fsp3) is 0.867. The van der Waals surface area contributed by atoms with E-state index in [0.29, 0.717) is 13.0 Å². The minimum atomic E-state index is -0.959. The van der Waals surface area contributed by atoms with E-state index in [9.17, 15) is 9.59 Å². The zero-order chi connectivity index (χ0) is 15.7. The summed E-state index contributed by atoms with van der Waals surface area (Å²) in [6, 6.07) is 0. The molecule has 2 aliphatic rings. The van der Waals surface area contributed by atoms with Crippen LogP contribution in [0.5, 0.6) is 0 Å². The summed E-state index contributed by atoms with van der Waals surface area (Å²) in [7, 11) is 0. The Labute approximate surface area is 126 Å². The summed E-state index contributed by atoms with van der Waals surface area (Å²) in [6.07, 6.45) is 3.05. The molecule has 0 aromatic heterocycles. The number of amides is 2. The van der Waals surface area contributed by atoms with E-state index in [4.69, 9.17) is 10.5 Å². The molecule has 0 aromatic carbocycles. The quantitative estimate of drug-likeness (QED) is 0.792. The summed E-state index contributed by atoms with van der Waals surface area (Å²) in [5.41, 5.74) is 4.84. The Bertz CT molecular complexity index is 413. The highest BCUT2D eigenvalue weighted by atomic mass is 16.6. The van der Waals surface area contributed by atoms with Gasteiger partial charge in [-0.25, -0.2) is 4.79 Å². The van der Waals surface area contributed by atoms with Gasteiger partial charge in [-0.15, -0.1) is 0 Å². The van der Waals surface area contributed by atoms with Crippen molar-refractivity contribution in [3.05, 3.63) is 0 Å². The first-order valence-electron chi connectivity index (χ1n) is 7.77. The van der Waals surface area contributed by atoms with Gasteiger partial charge in [0.1, 0.15) is 11.1 Å². The van der Waals surface area contributed by atoms with Crippen LogP contribution in [0.4, 0.5) is 4.79 Å². The van der Waals surface area contributed by atoms with Gasteiger partial charge >= 0.3 is 6.09 Å². The number of ether oxygens (including phenoxy) is 1. The van der Waals surface area contributed by atoms with Crippen molar-refractivity contribution in [3.63, 3.8) is 0 Å². The number of carbonyl (C=O) groups excluding carboxylic acids is 2. The van der Waals surface area contributed by atoms with Crippen LogP contribution in [0.1, 0.15) is 46.5 Å². The number of likely N-dealkylation sites (tertiary alicyclic amines) is 2. The molecule has 0 radical (unpaired) electrons. The molecule has 0 aromatic rings. The van der Waals surface area contributed by atoms with Gasteiger partial charge < -0.3 is 20.3 Å². The van der Waals surface area contributed by atoms with E-state index in [-0.39, 0.29) is 18.5 Å². The molecule has 120 valence electrons. The van der Waals surface area contributed by atoms with Crippen molar-refractivity contribution in [2.24, 2.45) is 5.73 Å². The van der Waals surface area contributed by atoms with Crippen LogP contribution in [0.25, 0.3) is 0 Å². The Morgan fingerprint density at radius 3 is 2.19 bits per heavy atom. The van der Waals surface area contributed by atoms with Crippen LogP contribution in [0, 0.1) is 0 Å². The van der Waals surface area contributed by atoms with Gasteiger partial charge in [-0.2, -0.15) is 0 Å². The predicted molar refractivity (Wildman–Crippen MR) is 79.8 cm³/mol. The van der Waals surface area contributed by atoms with Crippen molar-refractivity contribution in [3.8, 4) is 0 Å². The predicted octanol–water partition coefficient (Wildman–Crippen LogP) is 1.34. The molecule has 2 amide bonds. The molecular formula is C15H27N3O3. The molecular weight excluding hydrogens is 270 g/mol. The number of hydrogen-bond donors (Lipinski definition) is 1. The largest absolute Gasteiger partial charge is 0.444 e. The normalized spacial score (nSPS) is 26.9. The molecule has 2 heterocycles. The lowest BCUT2D eigenvalue weighted by molar-refractivity contribution is -0.137. The van der Waals surface area contributed by atoms with Gasteiger partial charge in [0.15, 0.2) is 0 Å². The lowest BCUT2D eigenvalue weighted by Crippen LogP contribution is -2.64. The van der Waals surface area contributed by atoms with E-state index in [1.165, 1.54) is 0 Å². The Morgan fingerprint density at radius 2 is 1.62 bits per heavy atom. The molecule has 1 atom stereocenters. The third kappa shape index (κ3) is 3.87. The molecule has 2 N–H and O–H groups in total. The van der Waals surface area contributed by atoms with Crippen LogP contribution in [-0.4, -0.2) is 59.1 Å². The summed E-state index contributed by atoms with van der Waals surface area (Å²) >= 11 is 0. The highest BCUT2D eigenvalue weighted by Crippen LogP contribution is 2.24. The summed E-state index contributed by atoms with van der Waals surface area (Å²) < 4.78 is 5.38. The maximum Gasteiger partial charge on any atom is 0.410 e. The highest BCUT2D eigenvalue weighted by molar-refractivity contribution is 5.87. The molecule has 2 rings (SSSR count). The first-order chi connectivity index (χ1) is 9.71. The van der Waals surface area contributed by atoms with Gasteiger partial charge in [-0.1, -0.05) is 0 Å². The van der Waals surface area contributed by atoms with Crippen LogP contribution < -0.4 is 5.73 Å². The van der Waals surface area contributed by atoms with E-state index < -0.39 is 11.1 Å². The topological polar surface area (TPSA) is 75.9 Å². The fourth-order valence-corrected chi connectivity index (χ4v) is 2.98. The van der Waals surface area contributed by atoms with Crippen LogP contribution in [0.15, 0.2) is 0 Å². The minimum absolute atomic E-state index is 0.0201. The van der Waals surface area contributed by atoms with Gasteiger partial charge in [0.25, 0.3) is 0 Å². The Balaban J connectivity index is 2.01. The molecule has 6 heteroatoms. The molecule has 21 heavy (non-hydrogen) atoms. The standard InChI is InChI=1S/C15H27N3O3/c1-14(2,3)21-13(20)18-10-6-7-15(16,11-18)12(19)17-8-4-5-9-17/h4-11,16H2,1-3H3. The molecule has 0 aliphatic carbocycles. The molecule has 2 aliphatic heterocycles. The lowest BCUT2D eigenvalue weighted by Gasteiger charge is -2.41. The maximum atomic E-state index is 12.6. The first-order valence-corrected chi connectivity index (χ1v) is 7.77. The number of carbonyl (C=O) groups is 2. The van der Waals surface area contributed by atoms with Crippen LogP contribution in [-0.2, 0) is 9.53 Å². The van der Waals surface area contributed by atoms with Crippen LogP contribution in [0.3, 0.4) is 0 Å². The monoisotopic (exact) mass is 297 g/mol. The summed E-state index contributed by atoms with van der Waals surface area (Å²) in [4.78, 5) is 28.2. The van der Waals surface area contributed by atoms with Crippen molar-refractivity contribution < 1.29 is 14.3 Å². The van der Waals surface area contributed by atoms with E-state index in [1.54, 1.807) is 4.90 Å². The molecule has 2 fully saturated rings. The summed E-state index contributed by atoms with van der Waals surface area (Å²) in [6.45, 7) is 7.91. The van der Waals surface area contributed by atoms with Gasteiger partial charge in [0.05, 0.1) is 6.54 Å². The second-order valence-electron chi connectivity index (χ2n) is 7.16. The number of nitrogens with two attached hydrogens (primary N) is 1. The smallest absolute Gasteiger partial charge is 0.410 e. The van der Waals surface area contributed by atoms with Crippen molar-refractivity contribution in [1.29, 1.82) is 0 Å². The van der Waals surface area contributed by atoms with Crippen molar-refractivity contribution in [2.75, 3.05) is 26.2 Å². The molecule has 1 unspecified atom stereocenters. The Morgan fingerprint density at radius 1 is 1.05 bits per heavy atom. The SMILES string of the molecule is CC(C)(C)OC(=O)N1CCCC(N)(C(=O)N2CCCC2)C1. The second-order valence-corrected chi connectivity index (χ2v) is 7.16. The lowest BCUT2D eigenvalue weighted by atomic mass is 9.88. The Kier molecular flexibility index (Phi) is 4.46. The first kappa shape index (κ1) is 16.1. The average molecular weight is 297 g/mol. The van der Waals surface area contributed by atoms with E-state index >= 15 is 0 Å². The minimum Gasteiger partial charge on any atom is -0.444 e. The molecule has 6 nitrogen and oxygen atoms in total. The average Bonchev–Trinajstić information content (AvgIpc) is 2.89. The van der Waals surface area contributed by atoms with Gasteiger partial charge in [-0.05, 0) is 46.5 Å². The van der Waals surface area contributed by atoms with E-state index in [2.05, 4.69) is 0 Å². The molecule has 0 spiro atoms. The summed E-state index contributed by atoms with van der Waals surface area (Å²) in [5.74, 6) is -0.0201. The van der Waals surface area contributed by atoms with Crippen molar-refractivity contribution >= 4 is 12.0 Å². The zero-order valence-corrected chi connectivity index (χ0v) is 13.4. The molecule has 0 saturated carbocycles. The molecule has 0 bridgehead atoms. The summed E-state index contributed by atoms with van der Waals surface area (Å²) in [5, 5.41) is 0. The fourth-order valence-electron chi connectivity index (χ4n) is 2.98.